The zero-order chi connectivity index (χ0) is 25.3. The topological polar surface area (TPSA) is 75.6 Å². The average Bonchev–Trinajstić information content (AvgIpc) is 2.89. The van der Waals surface area contributed by atoms with E-state index in [-0.39, 0.29) is 18.2 Å². The highest BCUT2D eigenvalue weighted by molar-refractivity contribution is 5.58. The number of ether oxygens (including phenoxy) is 2. The van der Waals surface area contributed by atoms with Gasteiger partial charge in [-0.3, -0.25) is 0 Å². The summed E-state index contributed by atoms with van der Waals surface area (Å²) in [7, 11) is 3.33. The lowest BCUT2D eigenvalue weighted by molar-refractivity contribution is -0.138. The molecule has 3 aromatic rings. The Morgan fingerprint density at radius 1 is 1.11 bits per heavy atom. The van der Waals surface area contributed by atoms with Crippen LogP contribution in [0.1, 0.15) is 30.0 Å². The second-order valence-corrected chi connectivity index (χ2v) is 8.87. The van der Waals surface area contributed by atoms with Gasteiger partial charge in [-0.05, 0) is 30.5 Å². The van der Waals surface area contributed by atoms with Gasteiger partial charge in [0.1, 0.15) is 6.61 Å². The van der Waals surface area contributed by atoms with Crippen LogP contribution in [0.15, 0.2) is 48.8 Å². The molecule has 2 aliphatic rings. The first-order valence-electron chi connectivity index (χ1n) is 11.7. The van der Waals surface area contributed by atoms with Crippen molar-refractivity contribution < 1.29 is 22.6 Å². The second-order valence-electron chi connectivity index (χ2n) is 8.87. The van der Waals surface area contributed by atoms with Crippen molar-refractivity contribution in [1.82, 2.24) is 15.0 Å². The van der Waals surface area contributed by atoms with E-state index in [9.17, 15) is 13.2 Å². The monoisotopic (exact) mass is 500 g/mol. The van der Waals surface area contributed by atoms with Crippen molar-refractivity contribution in [3.8, 4) is 11.6 Å². The first-order valence-corrected chi connectivity index (χ1v) is 11.7. The number of fused-ring (bicyclic) bond motifs is 1. The smallest absolute Gasteiger partial charge is 0.416 e. The molecule has 190 valence electrons. The van der Waals surface area contributed by atoms with E-state index < -0.39 is 17.8 Å². The Bertz CT molecular complexity index is 1220. The quantitative estimate of drug-likeness (QED) is 0.547. The highest BCUT2D eigenvalue weighted by Gasteiger charge is 2.38. The molecule has 2 aliphatic heterocycles. The number of methoxy groups -OCH3 is 1. The van der Waals surface area contributed by atoms with Gasteiger partial charge in [-0.1, -0.05) is 18.2 Å². The molecular weight excluding hydrogens is 473 g/mol. The molecule has 5 rings (SSSR count). The minimum atomic E-state index is -4.45. The fraction of sp³-hybridized carbons (Fsp3) is 0.400. The number of aromatic nitrogens is 3. The molecule has 1 unspecified atom stereocenters. The third kappa shape index (κ3) is 4.82. The first kappa shape index (κ1) is 24.0. The number of likely N-dealkylation sites (N-methyl/N-ethyl adjacent to an activating group) is 1. The molecule has 0 aliphatic carbocycles. The lowest BCUT2D eigenvalue weighted by Gasteiger charge is -2.36. The maximum atomic E-state index is 13.6. The number of benzene rings is 1. The second kappa shape index (κ2) is 9.71. The summed E-state index contributed by atoms with van der Waals surface area (Å²) >= 11 is 0. The van der Waals surface area contributed by atoms with Crippen LogP contribution in [-0.4, -0.2) is 54.8 Å². The van der Waals surface area contributed by atoms with Gasteiger partial charge in [-0.25, -0.2) is 9.97 Å². The molecule has 1 fully saturated rings. The third-order valence-corrected chi connectivity index (χ3v) is 6.68. The number of alkyl halides is 3. The molecular formula is C25H27F3N6O2. The van der Waals surface area contributed by atoms with Crippen LogP contribution in [0, 0.1) is 0 Å². The standard InChI is InChI=1S/C25H27F3N6O2/c1-33-20(18-5-3-4-6-19(18)25(26,27)28)15-36-21-14-30-24(32-23(21)33)31-16-8-11-34(12-9-16)17-7-10-29-22(13-17)35-2/h3-7,10,13-14,16,20H,8-9,11-12,15H2,1-2H3,(H,30,31,32). The van der Waals surface area contributed by atoms with Crippen LogP contribution >= 0.6 is 0 Å². The summed E-state index contributed by atoms with van der Waals surface area (Å²) in [6.45, 7) is 1.76. The molecule has 1 atom stereocenters. The highest BCUT2D eigenvalue weighted by Crippen LogP contribution is 2.41. The molecule has 8 nitrogen and oxygen atoms in total. The van der Waals surface area contributed by atoms with Crippen LogP contribution in [0.5, 0.6) is 11.6 Å². The summed E-state index contributed by atoms with van der Waals surface area (Å²) in [6, 6.07) is 9.01. The zero-order valence-corrected chi connectivity index (χ0v) is 20.0. The van der Waals surface area contributed by atoms with E-state index in [0.717, 1.165) is 37.7 Å². The minimum Gasteiger partial charge on any atom is -0.486 e. The summed E-state index contributed by atoms with van der Waals surface area (Å²) < 4.78 is 51.8. The maximum Gasteiger partial charge on any atom is 0.416 e. The Hall–Kier alpha value is -3.76. The Morgan fingerprint density at radius 3 is 2.64 bits per heavy atom. The Balaban J connectivity index is 1.28. The number of nitrogens with zero attached hydrogens (tertiary/aromatic N) is 5. The summed E-state index contributed by atoms with van der Waals surface area (Å²) in [5.74, 6) is 1.92. The third-order valence-electron chi connectivity index (χ3n) is 6.68. The van der Waals surface area contributed by atoms with Crippen LogP contribution in [0.25, 0.3) is 0 Å². The maximum absolute atomic E-state index is 13.6. The van der Waals surface area contributed by atoms with Gasteiger partial charge in [0, 0.05) is 44.1 Å². The fourth-order valence-corrected chi connectivity index (χ4v) is 4.73. The van der Waals surface area contributed by atoms with E-state index in [1.54, 1.807) is 37.5 Å². The van der Waals surface area contributed by atoms with Gasteiger partial charge in [0.15, 0.2) is 11.6 Å². The van der Waals surface area contributed by atoms with E-state index in [0.29, 0.717) is 23.4 Å². The summed E-state index contributed by atoms with van der Waals surface area (Å²) in [5, 5.41) is 3.39. The Kier molecular flexibility index (Phi) is 6.46. The summed E-state index contributed by atoms with van der Waals surface area (Å²) in [4.78, 5) is 17.2. The normalized spacial score (nSPS) is 18.4. The molecule has 1 aromatic carbocycles. The zero-order valence-electron chi connectivity index (χ0n) is 20.0. The van der Waals surface area contributed by atoms with Crippen molar-refractivity contribution in [2.45, 2.75) is 31.1 Å². The predicted octanol–water partition coefficient (Wildman–Crippen LogP) is 4.55. The lowest BCUT2D eigenvalue weighted by Crippen LogP contribution is -2.39. The van der Waals surface area contributed by atoms with Gasteiger partial charge in [-0.15, -0.1) is 0 Å². The fourth-order valence-electron chi connectivity index (χ4n) is 4.73. The van der Waals surface area contributed by atoms with Crippen molar-refractivity contribution in [1.29, 1.82) is 0 Å². The molecule has 36 heavy (non-hydrogen) atoms. The SMILES string of the molecule is COc1cc(N2CCC(Nc3ncc4c(n3)N(C)C(c3ccccc3C(F)(F)F)CO4)CC2)ccn1. The minimum absolute atomic E-state index is 0.0744. The number of nitrogens with one attached hydrogen (secondary N) is 1. The van der Waals surface area contributed by atoms with Crippen molar-refractivity contribution >= 4 is 17.5 Å². The van der Waals surface area contributed by atoms with Gasteiger partial charge in [0.05, 0.1) is 24.9 Å². The van der Waals surface area contributed by atoms with Crippen LogP contribution in [0.4, 0.5) is 30.6 Å². The average molecular weight is 501 g/mol. The lowest BCUT2D eigenvalue weighted by atomic mass is 9.98. The molecule has 0 bridgehead atoms. The van der Waals surface area contributed by atoms with Gasteiger partial charge < -0.3 is 24.6 Å². The van der Waals surface area contributed by atoms with Crippen molar-refractivity contribution in [3.05, 3.63) is 59.9 Å². The molecule has 0 saturated carbocycles. The first-order chi connectivity index (χ1) is 17.3. The Morgan fingerprint density at radius 2 is 1.89 bits per heavy atom. The molecule has 2 aromatic heterocycles. The molecule has 1 N–H and O–H groups in total. The van der Waals surface area contributed by atoms with Gasteiger partial charge in [0.25, 0.3) is 0 Å². The van der Waals surface area contributed by atoms with Crippen LogP contribution < -0.4 is 24.6 Å². The number of halogens is 3. The molecule has 0 radical (unpaired) electrons. The number of hydrogen-bond donors (Lipinski definition) is 1. The number of rotatable bonds is 5. The summed E-state index contributed by atoms with van der Waals surface area (Å²) in [6.07, 6.45) is 0.605. The van der Waals surface area contributed by atoms with Crippen LogP contribution in [0.3, 0.4) is 0 Å². The van der Waals surface area contributed by atoms with Crippen molar-refractivity contribution in [2.24, 2.45) is 0 Å². The molecule has 11 heteroatoms. The predicted molar refractivity (Wildman–Crippen MR) is 130 cm³/mol. The summed E-state index contributed by atoms with van der Waals surface area (Å²) in [5.41, 5.74) is 0.556. The Labute approximate surface area is 207 Å². The highest BCUT2D eigenvalue weighted by atomic mass is 19.4. The van der Waals surface area contributed by atoms with E-state index in [2.05, 4.69) is 25.2 Å². The van der Waals surface area contributed by atoms with Crippen molar-refractivity contribution in [3.63, 3.8) is 0 Å². The van der Waals surface area contributed by atoms with Gasteiger partial charge in [0.2, 0.25) is 11.8 Å². The van der Waals surface area contributed by atoms with Gasteiger partial charge >= 0.3 is 6.18 Å². The van der Waals surface area contributed by atoms with E-state index in [1.807, 2.05) is 12.1 Å². The number of hydrogen-bond acceptors (Lipinski definition) is 8. The van der Waals surface area contributed by atoms with E-state index in [1.165, 1.54) is 12.1 Å². The molecule has 1 saturated heterocycles. The molecule has 0 spiro atoms. The van der Waals surface area contributed by atoms with E-state index >= 15 is 0 Å². The van der Waals surface area contributed by atoms with E-state index in [4.69, 9.17) is 9.47 Å². The molecule has 0 amide bonds. The number of piperidine rings is 1. The van der Waals surface area contributed by atoms with Crippen molar-refractivity contribution in [2.75, 3.05) is 49.0 Å². The van der Waals surface area contributed by atoms with Crippen LogP contribution in [0.2, 0.25) is 0 Å². The van der Waals surface area contributed by atoms with Gasteiger partial charge in [-0.2, -0.15) is 18.2 Å². The number of anilines is 3. The molecule has 4 heterocycles. The number of pyridine rings is 1. The van der Waals surface area contributed by atoms with Crippen LogP contribution in [-0.2, 0) is 6.18 Å². The largest absolute Gasteiger partial charge is 0.486 e.